The number of hydrogen-bond acceptors (Lipinski definition) is 5. The van der Waals surface area contributed by atoms with E-state index in [1.807, 2.05) is 0 Å². The zero-order chi connectivity index (χ0) is 11.7. The molecule has 0 fully saturated rings. The number of benzene rings is 1. The molecule has 1 atom stereocenters. The molecule has 16 heavy (non-hydrogen) atoms. The molecule has 1 aromatic rings. The Labute approximate surface area is 97.7 Å². The summed E-state index contributed by atoms with van der Waals surface area (Å²) in [4.78, 5) is 0. The molecule has 0 amide bonds. The predicted octanol–water partition coefficient (Wildman–Crippen LogP) is 0.368. The number of ether oxygens (including phenoxy) is 3. The van der Waals surface area contributed by atoms with Gasteiger partial charge in [0.25, 0.3) is 0 Å². The quantitative estimate of drug-likeness (QED) is 0.753. The summed E-state index contributed by atoms with van der Waals surface area (Å²) < 4.78 is 33.1. The molecule has 0 aliphatic carbocycles. The van der Waals surface area contributed by atoms with Crippen molar-refractivity contribution in [1.29, 1.82) is 0 Å². The molecule has 0 spiro atoms. The van der Waals surface area contributed by atoms with Gasteiger partial charge in [-0.2, -0.15) is 0 Å². The number of methoxy groups -OCH3 is 3. The molecule has 0 saturated carbocycles. The summed E-state index contributed by atoms with van der Waals surface area (Å²) in [5.41, 5.74) is 0.842. The second kappa shape index (κ2) is 4.41. The van der Waals surface area contributed by atoms with Crippen molar-refractivity contribution in [1.82, 2.24) is 0 Å². The molecule has 0 saturated heterocycles. The molecule has 2 rings (SSSR count). The van der Waals surface area contributed by atoms with Gasteiger partial charge in [-0.25, -0.2) is 0 Å². The van der Waals surface area contributed by atoms with Crippen LogP contribution in [0.25, 0.3) is 0 Å². The fraction of sp³-hybridized carbons (Fsp3) is 0.400. The molecule has 1 unspecified atom stereocenters. The van der Waals surface area contributed by atoms with Crippen LogP contribution < -0.4 is 18.7 Å². The topological polar surface area (TPSA) is 54.0 Å². The van der Waals surface area contributed by atoms with E-state index in [1.54, 1.807) is 13.2 Å². The molecule has 6 heteroatoms. The van der Waals surface area contributed by atoms with E-state index in [1.165, 1.54) is 14.2 Å². The van der Waals surface area contributed by atoms with Gasteiger partial charge < -0.3 is 0 Å². The zero-order valence-electron chi connectivity index (χ0n) is 9.23. The van der Waals surface area contributed by atoms with Crippen molar-refractivity contribution >= 4 is 18.6 Å². The number of fused-ring (bicyclic) bond motifs is 1. The van der Waals surface area contributed by atoms with E-state index in [0.29, 0.717) is 28.3 Å². The van der Waals surface area contributed by atoms with Crippen LogP contribution in [-0.2, 0) is 14.3 Å². The summed E-state index contributed by atoms with van der Waals surface area (Å²) in [6.45, 7) is 0.334. The molecule has 0 radical (unpaired) electrons. The Morgan fingerprint density at radius 2 is 1.88 bits per heavy atom. The van der Waals surface area contributed by atoms with Crippen LogP contribution in [0.3, 0.4) is 0 Å². The average molecular weight is 291 g/mol. The van der Waals surface area contributed by atoms with Crippen LogP contribution in [0, 0.1) is 0 Å². The average Bonchev–Trinajstić information content (AvgIpc) is 2.68. The van der Waals surface area contributed by atoms with E-state index < -0.39 is 14.2 Å². The first-order valence-corrected chi connectivity index (χ1v) is 6.85. The van der Waals surface area contributed by atoms with Gasteiger partial charge in [0.15, 0.2) is 0 Å². The second-order valence-corrected chi connectivity index (χ2v) is 5.47. The van der Waals surface area contributed by atoms with E-state index >= 15 is 0 Å². The monoisotopic (exact) mass is 292 g/mol. The van der Waals surface area contributed by atoms with Crippen molar-refractivity contribution < 1.29 is 21.9 Å². The summed E-state index contributed by atoms with van der Waals surface area (Å²) in [6, 6.07) is 1.78. The van der Waals surface area contributed by atoms with Crippen LogP contribution in [0.5, 0.6) is 17.2 Å². The summed E-state index contributed by atoms with van der Waals surface area (Å²) in [6.07, 6.45) is 0. The second-order valence-electron chi connectivity index (χ2n) is 3.13. The van der Waals surface area contributed by atoms with Gasteiger partial charge in [0.2, 0.25) is 0 Å². The summed E-state index contributed by atoms with van der Waals surface area (Å²) >= 11 is -2.45. The van der Waals surface area contributed by atoms with Gasteiger partial charge in [-0.3, -0.25) is 0 Å². The first-order chi connectivity index (χ1) is 7.72. The third-order valence-electron chi connectivity index (χ3n) is 2.35. The Kier molecular flexibility index (Phi) is 3.14. The minimum atomic E-state index is -2.45. The molecule has 5 nitrogen and oxygen atoms in total. The Hall–Kier alpha value is -1.10. The first-order valence-electron chi connectivity index (χ1n) is 4.59. The standard InChI is InChI=1S/C10H12O5Se/c1-12-7-4-6-5-15-16(11)10(6)9(14-3)8(7)13-2/h4H,5H2,1-3H3. The summed E-state index contributed by atoms with van der Waals surface area (Å²) in [5, 5.41) is 0. The van der Waals surface area contributed by atoms with Gasteiger partial charge in [-0.15, -0.1) is 0 Å². The van der Waals surface area contributed by atoms with Crippen molar-refractivity contribution in [2.75, 3.05) is 21.3 Å². The number of hydrogen-bond donors (Lipinski definition) is 0. The molecule has 1 aromatic carbocycles. The first kappa shape index (κ1) is 11.4. The van der Waals surface area contributed by atoms with Crippen LogP contribution >= 0.6 is 0 Å². The molecular weight excluding hydrogens is 279 g/mol. The SMILES string of the molecule is COc1cc2c(c(OC)c1OC)[Se](=O)OC2. The van der Waals surface area contributed by atoms with Crippen molar-refractivity contribution in [2.45, 2.75) is 6.61 Å². The Balaban J connectivity index is 2.70. The molecule has 0 aromatic heterocycles. The molecule has 1 aliphatic heterocycles. The normalized spacial score (nSPS) is 18.1. The van der Waals surface area contributed by atoms with Gasteiger partial charge in [0, 0.05) is 0 Å². The van der Waals surface area contributed by atoms with E-state index in [-0.39, 0.29) is 0 Å². The van der Waals surface area contributed by atoms with Crippen LogP contribution in [-0.4, -0.2) is 35.5 Å². The maximum absolute atomic E-state index is 11.7. The van der Waals surface area contributed by atoms with E-state index in [9.17, 15) is 3.83 Å². The predicted molar refractivity (Wildman–Crippen MR) is 57.0 cm³/mol. The van der Waals surface area contributed by atoms with Gasteiger partial charge in [-0.05, 0) is 0 Å². The van der Waals surface area contributed by atoms with Crippen molar-refractivity contribution in [2.24, 2.45) is 0 Å². The Morgan fingerprint density at radius 3 is 2.44 bits per heavy atom. The molecule has 1 heterocycles. The van der Waals surface area contributed by atoms with Crippen LogP contribution in [0.4, 0.5) is 0 Å². The Morgan fingerprint density at radius 1 is 1.19 bits per heavy atom. The fourth-order valence-electron chi connectivity index (χ4n) is 1.65. The van der Waals surface area contributed by atoms with E-state index in [4.69, 9.17) is 18.0 Å². The molecular formula is C10H12O5Se. The maximum atomic E-state index is 11.7. The van der Waals surface area contributed by atoms with Crippen LogP contribution in [0.15, 0.2) is 6.07 Å². The molecule has 0 bridgehead atoms. The Bertz CT molecular complexity index is 443. The van der Waals surface area contributed by atoms with E-state index in [2.05, 4.69) is 0 Å². The van der Waals surface area contributed by atoms with Crippen molar-refractivity contribution in [3.05, 3.63) is 11.6 Å². The van der Waals surface area contributed by atoms with Crippen molar-refractivity contribution in [3.63, 3.8) is 0 Å². The summed E-state index contributed by atoms with van der Waals surface area (Å²) in [7, 11) is 4.57. The fourth-order valence-corrected chi connectivity index (χ4v) is 3.77. The minimum absolute atomic E-state index is 0.334. The van der Waals surface area contributed by atoms with Crippen LogP contribution in [0.1, 0.15) is 5.56 Å². The van der Waals surface area contributed by atoms with Gasteiger partial charge >= 0.3 is 97.3 Å². The molecule has 1 aliphatic rings. The third-order valence-corrected chi connectivity index (χ3v) is 4.68. The van der Waals surface area contributed by atoms with Crippen molar-refractivity contribution in [3.8, 4) is 17.2 Å². The third kappa shape index (κ3) is 1.59. The van der Waals surface area contributed by atoms with Gasteiger partial charge in [-0.1, -0.05) is 0 Å². The van der Waals surface area contributed by atoms with Gasteiger partial charge in [0.05, 0.1) is 0 Å². The van der Waals surface area contributed by atoms with Gasteiger partial charge in [0.1, 0.15) is 0 Å². The number of rotatable bonds is 3. The van der Waals surface area contributed by atoms with E-state index in [0.717, 1.165) is 5.56 Å². The summed E-state index contributed by atoms with van der Waals surface area (Å²) in [5.74, 6) is 1.47. The zero-order valence-corrected chi connectivity index (χ0v) is 10.9. The molecule has 0 N–H and O–H groups in total. The van der Waals surface area contributed by atoms with Crippen LogP contribution in [0.2, 0.25) is 0 Å². The molecule has 88 valence electrons.